The number of hydrogen-bond donors (Lipinski definition) is 0. The van der Waals surface area contributed by atoms with Crippen molar-refractivity contribution in [3.05, 3.63) is 70.0 Å². The van der Waals surface area contributed by atoms with E-state index in [-0.39, 0.29) is 5.41 Å². The maximum absolute atomic E-state index is 10.2. The van der Waals surface area contributed by atoms with Gasteiger partial charge in [-0.3, -0.25) is 4.79 Å². The van der Waals surface area contributed by atoms with Crippen molar-refractivity contribution in [3.8, 4) is 11.4 Å². The summed E-state index contributed by atoms with van der Waals surface area (Å²) in [5.41, 5.74) is 4.76. The lowest BCUT2D eigenvalue weighted by Crippen LogP contribution is -2.23. The second-order valence-electron chi connectivity index (χ2n) is 10.3. The Hall–Kier alpha value is -2.70. The van der Waals surface area contributed by atoms with E-state index in [0.717, 1.165) is 73.0 Å². The molecule has 1 aromatic heterocycles. The van der Waals surface area contributed by atoms with E-state index in [1.807, 2.05) is 66.0 Å². The van der Waals surface area contributed by atoms with Gasteiger partial charge < -0.3 is 14.4 Å². The Bertz CT molecular complexity index is 1130. The normalized spacial score (nSPS) is 12.7. The summed E-state index contributed by atoms with van der Waals surface area (Å²) < 4.78 is 2.11. The molecular formula is C32H50ClN5O. The molecule has 1 saturated carbocycles. The molecule has 1 aliphatic carbocycles. The second-order valence-corrected chi connectivity index (χ2v) is 10.7. The molecule has 2 aromatic carbocycles. The van der Waals surface area contributed by atoms with Crippen molar-refractivity contribution in [3.63, 3.8) is 0 Å². The van der Waals surface area contributed by atoms with Crippen molar-refractivity contribution in [1.82, 2.24) is 24.6 Å². The number of hydrogen-bond acceptors (Lipinski definition) is 4. The first-order valence-corrected chi connectivity index (χ1v) is 14.5. The Morgan fingerprint density at radius 2 is 1.54 bits per heavy atom. The van der Waals surface area contributed by atoms with E-state index in [2.05, 4.69) is 65.9 Å². The molecule has 0 aliphatic heterocycles. The number of carbonyl (C=O) groups excluding carboxylic acids is 1. The molecule has 0 radical (unpaired) electrons. The van der Waals surface area contributed by atoms with E-state index in [9.17, 15) is 4.79 Å². The smallest absolute Gasteiger partial charge is 0.209 e. The Morgan fingerprint density at radius 3 is 2.00 bits per heavy atom. The highest BCUT2D eigenvalue weighted by Crippen LogP contribution is 2.54. The highest BCUT2D eigenvalue weighted by molar-refractivity contribution is 6.33. The van der Waals surface area contributed by atoms with Crippen LogP contribution in [0.4, 0.5) is 0 Å². The number of halogens is 1. The predicted molar refractivity (Wildman–Crippen MR) is 167 cm³/mol. The lowest BCUT2D eigenvalue weighted by atomic mass is 9.91. The van der Waals surface area contributed by atoms with E-state index in [1.165, 1.54) is 11.1 Å². The van der Waals surface area contributed by atoms with Gasteiger partial charge in [-0.25, -0.2) is 0 Å². The first-order chi connectivity index (χ1) is 18.6. The molecule has 3 aromatic rings. The number of rotatable bonds is 8. The largest absolute Gasteiger partial charge is 0.345 e. The molecule has 0 bridgehead atoms. The van der Waals surface area contributed by atoms with Crippen LogP contribution in [0.3, 0.4) is 0 Å². The molecule has 1 amide bonds. The summed E-state index contributed by atoms with van der Waals surface area (Å²) in [6.07, 6.45) is 5.27. The van der Waals surface area contributed by atoms with Crippen LogP contribution in [-0.4, -0.2) is 65.2 Å². The first-order valence-electron chi connectivity index (χ1n) is 14.1. The van der Waals surface area contributed by atoms with Gasteiger partial charge in [-0.05, 0) is 89.5 Å². The summed E-state index contributed by atoms with van der Waals surface area (Å²) in [5.74, 6) is 1.86. The molecule has 39 heavy (non-hydrogen) atoms. The highest BCUT2D eigenvalue weighted by atomic mass is 35.5. The number of benzene rings is 2. The van der Waals surface area contributed by atoms with E-state index in [1.54, 1.807) is 4.90 Å². The van der Waals surface area contributed by atoms with Crippen molar-refractivity contribution in [2.24, 2.45) is 7.05 Å². The average molecular weight is 556 g/mol. The molecule has 0 N–H and O–H groups in total. The van der Waals surface area contributed by atoms with Gasteiger partial charge in [-0.15, -0.1) is 10.2 Å². The Morgan fingerprint density at radius 1 is 0.974 bits per heavy atom. The van der Waals surface area contributed by atoms with Crippen molar-refractivity contribution in [2.45, 2.75) is 72.6 Å². The van der Waals surface area contributed by atoms with Gasteiger partial charge in [0.2, 0.25) is 6.41 Å². The summed E-state index contributed by atoms with van der Waals surface area (Å²) in [6, 6.07) is 14.6. The number of carbonyl (C=O) groups is 1. The summed E-state index contributed by atoms with van der Waals surface area (Å²) in [5, 5.41) is 9.75. The van der Waals surface area contributed by atoms with Crippen LogP contribution < -0.4 is 0 Å². The van der Waals surface area contributed by atoms with Crippen molar-refractivity contribution in [2.75, 3.05) is 34.2 Å². The maximum Gasteiger partial charge on any atom is 0.209 e. The summed E-state index contributed by atoms with van der Waals surface area (Å²) in [6.45, 7) is 14.2. The number of amides is 1. The third-order valence-electron chi connectivity index (χ3n) is 6.25. The van der Waals surface area contributed by atoms with E-state index in [0.29, 0.717) is 0 Å². The average Bonchev–Trinajstić information content (AvgIpc) is 3.61. The molecule has 4 rings (SSSR count). The van der Waals surface area contributed by atoms with Crippen LogP contribution in [0.25, 0.3) is 11.4 Å². The van der Waals surface area contributed by atoms with Crippen LogP contribution in [0.15, 0.2) is 42.5 Å². The Kier molecular flexibility index (Phi) is 15.0. The third kappa shape index (κ3) is 9.77. The molecule has 216 valence electrons. The van der Waals surface area contributed by atoms with Crippen molar-refractivity contribution in [1.29, 1.82) is 0 Å². The minimum absolute atomic E-state index is 0.00250. The quantitative estimate of drug-likeness (QED) is 0.274. The van der Waals surface area contributed by atoms with Gasteiger partial charge >= 0.3 is 0 Å². The lowest BCUT2D eigenvalue weighted by Gasteiger charge is -2.18. The molecule has 7 heteroatoms. The van der Waals surface area contributed by atoms with Crippen LogP contribution in [-0.2, 0) is 17.3 Å². The fraction of sp³-hybridized carbons (Fsp3) is 0.531. The van der Waals surface area contributed by atoms with Gasteiger partial charge in [0.15, 0.2) is 5.82 Å². The van der Waals surface area contributed by atoms with Gasteiger partial charge in [0.1, 0.15) is 5.82 Å². The Balaban J connectivity index is 0.000000425. The fourth-order valence-corrected chi connectivity index (χ4v) is 4.74. The molecule has 0 unspecified atom stereocenters. The van der Waals surface area contributed by atoms with Gasteiger partial charge in [0.05, 0.1) is 10.4 Å². The minimum atomic E-state index is 0.00250. The zero-order valence-corrected chi connectivity index (χ0v) is 26.6. The summed E-state index contributed by atoms with van der Waals surface area (Å²) >= 11 is 6.44. The predicted octanol–water partition coefficient (Wildman–Crippen LogP) is 7.30. The number of nitrogens with zero attached hydrogens (tertiary/aromatic N) is 5. The molecule has 1 aliphatic rings. The molecular weight excluding hydrogens is 506 g/mol. The van der Waals surface area contributed by atoms with Gasteiger partial charge in [0, 0.05) is 25.7 Å². The standard InChI is InChI=1S/C20H20ClN3.C7H15NO.C3H9N.C2H6/c1-13-8-9-15(17(21)12-13)18-22-23-19(24(18)3)20(10-11-20)16-7-5-4-6-14(16)2;1-3-5-8(7-9)6-4-2;1-4(2)3;1-2/h4-9,12H,10-11H2,1-3H3;7H,3-6H2,1-2H3;1-3H3;1-2H3. The molecule has 0 saturated heterocycles. The highest BCUT2D eigenvalue weighted by Gasteiger charge is 2.50. The lowest BCUT2D eigenvalue weighted by molar-refractivity contribution is -0.118. The zero-order valence-electron chi connectivity index (χ0n) is 25.9. The molecule has 6 nitrogen and oxygen atoms in total. The van der Waals surface area contributed by atoms with E-state index >= 15 is 0 Å². The Labute approximate surface area is 242 Å². The fourth-order valence-electron chi connectivity index (χ4n) is 4.42. The van der Waals surface area contributed by atoms with Crippen LogP contribution in [0.2, 0.25) is 5.02 Å². The number of aryl methyl sites for hydroxylation is 2. The summed E-state index contributed by atoms with van der Waals surface area (Å²) in [7, 11) is 8.04. The summed E-state index contributed by atoms with van der Waals surface area (Å²) in [4.78, 5) is 14.0. The molecule has 1 heterocycles. The van der Waals surface area contributed by atoms with E-state index in [4.69, 9.17) is 11.6 Å². The van der Waals surface area contributed by atoms with Crippen LogP contribution in [0.5, 0.6) is 0 Å². The maximum atomic E-state index is 10.2. The van der Waals surface area contributed by atoms with Gasteiger partial charge in [-0.1, -0.05) is 69.6 Å². The van der Waals surface area contributed by atoms with Gasteiger partial charge in [-0.2, -0.15) is 0 Å². The SMILES string of the molecule is CC.CCCN(C=O)CCC.CN(C)C.Cc1ccc(-c2nnc(C3(c4ccccc4C)CC3)n2C)c(Cl)c1. The second kappa shape index (κ2) is 17.1. The van der Waals surface area contributed by atoms with Crippen LogP contribution in [0.1, 0.15) is 75.9 Å². The first kappa shape index (κ1) is 34.3. The molecule has 1 fully saturated rings. The minimum Gasteiger partial charge on any atom is -0.345 e. The van der Waals surface area contributed by atoms with Crippen LogP contribution in [0, 0.1) is 13.8 Å². The monoisotopic (exact) mass is 555 g/mol. The van der Waals surface area contributed by atoms with E-state index < -0.39 is 0 Å². The molecule has 0 atom stereocenters. The molecule has 0 spiro atoms. The van der Waals surface area contributed by atoms with Crippen molar-refractivity contribution >= 4 is 18.0 Å². The van der Waals surface area contributed by atoms with Crippen LogP contribution >= 0.6 is 11.6 Å². The number of aromatic nitrogens is 3. The van der Waals surface area contributed by atoms with Gasteiger partial charge in [0.25, 0.3) is 0 Å². The third-order valence-corrected chi connectivity index (χ3v) is 6.56. The van der Waals surface area contributed by atoms with Crippen molar-refractivity contribution < 1.29 is 4.79 Å². The topological polar surface area (TPSA) is 54.3 Å². The zero-order chi connectivity index (χ0) is 29.6.